The molecule has 1 fully saturated rings. The smallest absolute Gasteiger partial charge is 0.269 e. The zero-order chi connectivity index (χ0) is 27.1. The Morgan fingerprint density at radius 2 is 1.94 bits per heavy atom. The number of nitrogens with one attached hydrogen (secondary N) is 1. The van der Waals surface area contributed by atoms with Crippen LogP contribution in [-0.4, -0.2) is 56.8 Å². The van der Waals surface area contributed by atoms with Crippen LogP contribution >= 0.6 is 0 Å². The molecule has 1 atom stereocenters. The third-order valence-electron chi connectivity index (χ3n) is 5.51. The summed E-state index contributed by atoms with van der Waals surface area (Å²) in [6, 6.07) is 11.1. The molecule has 1 amide bonds. The third-order valence-corrected chi connectivity index (χ3v) is 5.51. The van der Waals surface area contributed by atoms with Crippen LogP contribution in [0.1, 0.15) is 56.6 Å². The van der Waals surface area contributed by atoms with Crippen LogP contribution in [0, 0.1) is 11.8 Å². The van der Waals surface area contributed by atoms with E-state index in [1.54, 1.807) is 19.2 Å². The maximum absolute atomic E-state index is 12.4. The van der Waals surface area contributed by atoms with E-state index in [9.17, 15) is 4.79 Å². The van der Waals surface area contributed by atoms with E-state index in [-0.39, 0.29) is 5.91 Å². The van der Waals surface area contributed by atoms with Gasteiger partial charge in [-0.1, -0.05) is 39.8 Å². The lowest BCUT2D eigenvalue weighted by Crippen LogP contribution is -2.38. The Balaban J connectivity index is 0.00000154. The number of aliphatic imine (C=N–C) groups is 1. The maximum Gasteiger partial charge on any atom is 0.269 e. The van der Waals surface area contributed by atoms with Crippen molar-refractivity contribution in [2.75, 3.05) is 43.9 Å². The highest BCUT2D eigenvalue weighted by molar-refractivity contribution is 6.04. The predicted octanol–water partition coefficient (Wildman–Crippen LogP) is 3.52. The molecule has 0 saturated carbocycles. The number of carbonyl (C=O) groups is 2. The topological polar surface area (TPSA) is 136 Å². The molecular formula is C27H42N6O3. The number of nitrogens with zero attached hydrogens (tertiary/aromatic N) is 3. The van der Waals surface area contributed by atoms with E-state index in [0.717, 1.165) is 31.7 Å². The first-order valence-corrected chi connectivity index (χ1v) is 12.4. The van der Waals surface area contributed by atoms with Crippen molar-refractivity contribution in [2.24, 2.45) is 22.6 Å². The summed E-state index contributed by atoms with van der Waals surface area (Å²) in [6.45, 7) is 13.0. The average Bonchev–Trinajstić information content (AvgIpc) is 2.92. The standard InChI is InChI=1S/C24H34N6O2.C2H6.CH2O/c1-16(2)13-28-24(31)19-9-5-11-21(29-19)30-12-6-7-17(14-30)15-32-20-10-4-8-18(25)22(20)23(26)27-3;2*1-2/h4-5,8-11,16-17H,6-7,12-15,25H2,1-3H3,(H2,26,27)(H,28,31);1-2H3;1H2. The number of nitrogens with two attached hydrogens (primary N) is 2. The first kappa shape index (κ1) is 30.4. The molecule has 1 aromatic carbocycles. The Hall–Kier alpha value is -3.62. The van der Waals surface area contributed by atoms with Crippen LogP contribution in [-0.2, 0) is 4.79 Å². The predicted molar refractivity (Wildman–Crippen MR) is 148 cm³/mol. The van der Waals surface area contributed by atoms with Crippen LogP contribution in [0.25, 0.3) is 0 Å². The van der Waals surface area contributed by atoms with E-state index in [4.69, 9.17) is 21.0 Å². The maximum atomic E-state index is 12.4. The van der Waals surface area contributed by atoms with E-state index < -0.39 is 0 Å². The molecule has 1 aromatic heterocycles. The molecule has 1 aliphatic heterocycles. The summed E-state index contributed by atoms with van der Waals surface area (Å²) >= 11 is 0. The molecule has 1 saturated heterocycles. The molecule has 0 spiro atoms. The van der Waals surface area contributed by atoms with Gasteiger partial charge in [-0.2, -0.15) is 0 Å². The highest BCUT2D eigenvalue weighted by atomic mass is 16.5. The fourth-order valence-corrected chi connectivity index (χ4v) is 3.78. The molecule has 2 aromatic rings. The Kier molecular flexibility index (Phi) is 13.6. The number of benzene rings is 1. The number of amidine groups is 1. The largest absolute Gasteiger partial charge is 0.492 e. The lowest BCUT2D eigenvalue weighted by molar-refractivity contribution is -0.0980. The summed E-state index contributed by atoms with van der Waals surface area (Å²) in [5.41, 5.74) is 13.7. The fourth-order valence-electron chi connectivity index (χ4n) is 3.78. The minimum absolute atomic E-state index is 0.137. The number of hydrogen-bond acceptors (Lipinski definition) is 7. The van der Waals surface area contributed by atoms with Gasteiger partial charge in [0.25, 0.3) is 5.91 Å². The van der Waals surface area contributed by atoms with Gasteiger partial charge in [0.05, 0.1) is 12.2 Å². The Bertz CT molecular complexity index is 980. The van der Waals surface area contributed by atoms with Gasteiger partial charge in [0, 0.05) is 38.3 Å². The molecular weight excluding hydrogens is 456 g/mol. The minimum Gasteiger partial charge on any atom is -0.492 e. The normalized spacial score (nSPS) is 15.2. The number of pyridine rings is 1. The Morgan fingerprint density at radius 3 is 2.61 bits per heavy atom. The molecule has 5 N–H and O–H groups in total. The number of aromatic nitrogens is 1. The van der Waals surface area contributed by atoms with Crippen molar-refractivity contribution in [2.45, 2.75) is 40.5 Å². The lowest BCUT2D eigenvalue weighted by atomic mass is 9.99. The second-order valence-electron chi connectivity index (χ2n) is 8.58. The van der Waals surface area contributed by atoms with E-state index >= 15 is 0 Å². The quantitative estimate of drug-likeness (QED) is 0.288. The Morgan fingerprint density at radius 1 is 1.25 bits per heavy atom. The Labute approximate surface area is 215 Å². The number of carbonyl (C=O) groups excluding carboxylic acids is 2. The number of ether oxygens (including phenoxy) is 1. The first-order valence-electron chi connectivity index (χ1n) is 12.4. The molecule has 2 heterocycles. The molecule has 3 rings (SSSR count). The van der Waals surface area contributed by atoms with Gasteiger partial charge in [0.1, 0.15) is 29.9 Å². The van der Waals surface area contributed by atoms with Gasteiger partial charge in [-0.15, -0.1) is 0 Å². The molecule has 0 radical (unpaired) electrons. The second kappa shape index (κ2) is 16.1. The number of amides is 1. The van der Waals surface area contributed by atoms with Gasteiger partial charge in [0.2, 0.25) is 0 Å². The lowest BCUT2D eigenvalue weighted by Gasteiger charge is -2.33. The summed E-state index contributed by atoms with van der Waals surface area (Å²) in [6.07, 6.45) is 2.09. The van der Waals surface area contributed by atoms with E-state index in [0.29, 0.717) is 53.5 Å². The van der Waals surface area contributed by atoms with Gasteiger partial charge < -0.3 is 31.2 Å². The van der Waals surface area contributed by atoms with Crippen LogP contribution in [0.15, 0.2) is 41.4 Å². The summed E-state index contributed by atoms with van der Waals surface area (Å²) in [5.74, 6) is 2.40. The fraction of sp³-hybridized carbons (Fsp3) is 0.481. The van der Waals surface area contributed by atoms with Gasteiger partial charge >= 0.3 is 0 Å². The summed E-state index contributed by atoms with van der Waals surface area (Å²) in [5, 5.41) is 2.93. The van der Waals surface area contributed by atoms with Crippen molar-refractivity contribution in [3.8, 4) is 5.75 Å². The molecule has 1 unspecified atom stereocenters. The number of rotatable bonds is 8. The van der Waals surface area contributed by atoms with E-state index in [1.807, 2.05) is 44.9 Å². The van der Waals surface area contributed by atoms with Crippen molar-refractivity contribution >= 4 is 30.0 Å². The van der Waals surface area contributed by atoms with Gasteiger partial charge in [0.15, 0.2) is 0 Å². The highest BCUT2D eigenvalue weighted by Crippen LogP contribution is 2.27. The van der Waals surface area contributed by atoms with Crippen LogP contribution in [0.4, 0.5) is 11.5 Å². The molecule has 0 aliphatic carbocycles. The number of nitrogen functional groups attached to an aromatic ring is 1. The van der Waals surface area contributed by atoms with Gasteiger partial charge in [-0.25, -0.2) is 4.98 Å². The summed E-state index contributed by atoms with van der Waals surface area (Å²) < 4.78 is 6.13. The van der Waals surface area contributed by atoms with Crippen LogP contribution in [0.5, 0.6) is 5.75 Å². The number of anilines is 2. The molecule has 1 aliphatic rings. The van der Waals surface area contributed by atoms with Crippen molar-refractivity contribution < 1.29 is 14.3 Å². The zero-order valence-corrected chi connectivity index (χ0v) is 22.3. The van der Waals surface area contributed by atoms with Crippen molar-refractivity contribution in [3.63, 3.8) is 0 Å². The molecule has 198 valence electrons. The monoisotopic (exact) mass is 498 g/mol. The highest BCUT2D eigenvalue weighted by Gasteiger charge is 2.23. The van der Waals surface area contributed by atoms with E-state index in [2.05, 4.69) is 34.0 Å². The number of piperidine rings is 1. The summed E-state index contributed by atoms with van der Waals surface area (Å²) in [4.78, 5) is 31.3. The van der Waals surface area contributed by atoms with Crippen LogP contribution in [0.3, 0.4) is 0 Å². The zero-order valence-electron chi connectivity index (χ0n) is 22.3. The second-order valence-corrected chi connectivity index (χ2v) is 8.58. The van der Waals surface area contributed by atoms with E-state index in [1.165, 1.54) is 0 Å². The molecule has 9 nitrogen and oxygen atoms in total. The molecule has 36 heavy (non-hydrogen) atoms. The SMILES string of the molecule is C=O.CC.CN=C(N)c1c(N)cccc1OCC1CCCN(c2cccc(C(=O)NCC(C)C)n2)C1. The first-order chi connectivity index (χ1) is 17.4. The van der Waals surface area contributed by atoms with Crippen molar-refractivity contribution in [3.05, 3.63) is 47.7 Å². The molecule has 9 heteroatoms. The molecule has 0 bridgehead atoms. The third kappa shape index (κ3) is 8.87. The summed E-state index contributed by atoms with van der Waals surface area (Å²) in [7, 11) is 1.63. The van der Waals surface area contributed by atoms with Gasteiger partial charge in [-0.3, -0.25) is 9.79 Å². The van der Waals surface area contributed by atoms with Crippen molar-refractivity contribution in [1.29, 1.82) is 0 Å². The average molecular weight is 499 g/mol. The van der Waals surface area contributed by atoms with Crippen LogP contribution < -0.4 is 26.4 Å². The van der Waals surface area contributed by atoms with Crippen molar-refractivity contribution in [1.82, 2.24) is 10.3 Å². The van der Waals surface area contributed by atoms with Gasteiger partial charge in [-0.05, 0) is 43.0 Å². The number of hydrogen-bond donors (Lipinski definition) is 3. The minimum atomic E-state index is -0.137. The van der Waals surface area contributed by atoms with Crippen LogP contribution in [0.2, 0.25) is 0 Å².